The van der Waals surface area contributed by atoms with E-state index in [1.54, 1.807) is 6.07 Å². The molecule has 112 valence electrons. The van der Waals surface area contributed by atoms with Gasteiger partial charge in [0.15, 0.2) is 0 Å². The third-order valence-electron chi connectivity index (χ3n) is 4.44. The summed E-state index contributed by atoms with van der Waals surface area (Å²) in [5, 5.41) is 3.41. The minimum absolute atomic E-state index is 0.0965. The molecule has 1 saturated heterocycles. The van der Waals surface area contributed by atoms with E-state index in [-0.39, 0.29) is 11.9 Å². The van der Waals surface area contributed by atoms with Crippen molar-refractivity contribution in [3.05, 3.63) is 29.1 Å². The fourth-order valence-electron chi connectivity index (χ4n) is 3.27. The zero-order valence-corrected chi connectivity index (χ0v) is 13.2. The fraction of sp³-hybridized carbons (Fsp3) is 0.647. The fourth-order valence-corrected chi connectivity index (χ4v) is 3.27. The predicted octanol–water partition coefficient (Wildman–Crippen LogP) is 4.18. The highest BCUT2D eigenvalue weighted by atomic mass is 19.1. The smallest absolute Gasteiger partial charge is 0.126 e. The highest BCUT2D eigenvalue weighted by Gasteiger charge is 2.26. The van der Waals surface area contributed by atoms with Crippen LogP contribution in [0.1, 0.15) is 57.2 Å². The average molecular weight is 278 g/mol. The Hall–Kier alpha value is -1.09. The lowest BCUT2D eigenvalue weighted by atomic mass is 10.0. The first-order valence-electron chi connectivity index (χ1n) is 7.88. The van der Waals surface area contributed by atoms with Crippen LogP contribution >= 0.6 is 0 Å². The van der Waals surface area contributed by atoms with Crippen LogP contribution < -0.4 is 10.2 Å². The summed E-state index contributed by atoms with van der Waals surface area (Å²) in [4.78, 5) is 2.48. The molecule has 0 spiro atoms. The van der Waals surface area contributed by atoms with Crippen molar-refractivity contribution in [3.63, 3.8) is 0 Å². The Morgan fingerprint density at radius 1 is 1.40 bits per heavy atom. The molecule has 0 saturated carbocycles. The van der Waals surface area contributed by atoms with E-state index < -0.39 is 0 Å². The molecule has 1 aliphatic heterocycles. The van der Waals surface area contributed by atoms with E-state index in [9.17, 15) is 4.39 Å². The number of benzene rings is 1. The maximum absolute atomic E-state index is 14.0. The largest absolute Gasteiger partial charge is 0.368 e. The van der Waals surface area contributed by atoms with Crippen LogP contribution in [0.4, 0.5) is 10.1 Å². The Morgan fingerprint density at radius 3 is 2.80 bits per heavy atom. The number of anilines is 1. The van der Waals surface area contributed by atoms with Gasteiger partial charge in [0.1, 0.15) is 5.82 Å². The average Bonchev–Trinajstić information content (AvgIpc) is 2.89. The second-order valence-electron chi connectivity index (χ2n) is 5.84. The van der Waals surface area contributed by atoms with Gasteiger partial charge in [0, 0.05) is 24.3 Å². The van der Waals surface area contributed by atoms with Gasteiger partial charge in [-0.3, -0.25) is 0 Å². The topological polar surface area (TPSA) is 15.3 Å². The van der Waals surface area contributed by atoms with Crippen LogP contribution in [0, 0.1) is 12.7 Å². The molecule has 1 aliphatic rings. The molecule has 1 aromatic carbocycles. The Kier molecular flexibility index (Phi) is 5.03. The maximum Gasteiger partial charge on any atom is 0.126 e. The molecule has 0 aliphatic carbocycles. The summed E-state index contributed by atoms with van der Waals surface area (Å²) in [7, 11) is 0. The van der Waals surface area contributed by atoms with Crippen LogP contribution in [-0.4, -0.2) is 19.1 Å². The van der Waals surface area contributed by atoms with E-state index >= 15 is 0 Å². The number of aryl methyl sites for hydroxylation is 1. The monoisotopic (exact) mass is 278 g/mol. The van der Waals surface area contributed by atoms with E-state index in [4.69, 9.17) is 0 Å². The van der Waals surface area contributed by atoms with Crippen LogP contribution in [-0.2, 0) is 0 Å². The molecule has 1 fully saturated rings. The second kappa shape index (κ2) is 6.57. The van der Waals surface area contributed by atoms with E-state index in [1.807, 2.05) is 13.0 Å². The molecule has 0 aromatic heterocycles. The molecule has 1 N–H and O–H groups in total. The first-order chi connectivity index (χ1) is 9.58. The number of hydrogen-bond acceptors (Lipinski definition) is 2. The molecule has 20 heavy (non-hydrogen) atoms. The lowest BCUT2D eigenvalue weighted by molar-refractivity contribution is 0.573. The van der Waals surface area contributed by atoms with Crippen LogP contribution in [0.15, 0.2) is 12.1 Å². The molecular formula is C17H27FN2. The Labute approximate surface area is 122 Å². The molecule has 1 heterocycles. The zero-order valence-electron chi connectivity index (χ0n) is 13.2. The Balaban J connectivity index is 2.41. The molecule has 2 atom stereocenters. The molecule has 2 unspecified atom stereocenters. The van der Waals surface area contributed by atoms with Gasteiger partial charge in [-0.15, -0.1) is 0 Å². The van der Waals surface area contributed by atoms with Gasteiger partial charge in [0.2, 0.25) is 0 Å². The van der Waals surface area contributed by atoms with Crippen molar-refractivity contribution >= 4 is 5.69 Å². The summed E-state index contributed by atoms with van der Waals surface area (Å²) in [6.07, 6.45) is 3.65. The summed E-state index contributed by atoms with van der Waals surface area (Å²) in [6, 6.07) is 4.55. The lowest BCUT2D eigenvalue weighted by Crippen LogP contribution is -2.31. The SMILES string of the molecule is CCNC(C)c1cc(F)c(C)cc1N1CCCC1CC. The quantitative estimate of drug-likeness (QED) is 0.869. The molecule has 2 nitrogen and oxygen atoms in total. The van der Waals surface area contributed by atoms with Crippen molar-refractivity contribution in [1.29, 1.82) is 0 Å². The first-order valence-corrected chi connectivity index (χ1v) is 7.88. The highest BCUT2D eigenvalue weighted by Crippen LogP contribution is 2.34. The van der Waals surface area contributed by atoms with Gasteiger partial charge in [-0.25, -0.2) is 4.39 Å². The molecular weight excluding hydrogens is 251 g/mol. The van der Waals surface area contributed by atoms with Gasteiger partial charge in [0.05, 0.1) is 0 Å². The van der Waals surface area contributed by atoms with Crippen molar-refractivity contribution < 1.29 is 4.39 Å². The number of rotatable bonds is 5. The number of hydrogen-bond donors (Lipinski definition) is 1. The van der Waals surface area contributed by atoms with E-state index in [2.05, 4.69) is 31.0 Å². The summed E-state index contributed by atoms with van der Waals surface area (Å²) in [5.41, 5.74) is 3.06. The second-order valence-corrected chi connectivity index (χ2v) is 5.84. The van der Waals surface area contributed by atoms with Crippen molar-refractivity contribution in [2.24, 2.45) is 0 Å². The molecule has 0 amide bonds. The van der Waals surface area contributed by atoms with Crippen LogP contribution in [0.2, 0.25) is 0 Å². The van der Waals surface area contributed by atoms with E-state index in [1.165, 1.54) is 18.5 Å². The maximum atomic E-state index is 14.0. The number of nitrogens with one attached hydrogen (secondary N) is 1. The number of nitrogens with zero attached hydrogens (tertiary/aromatic N) is 1. The predicted molar refractivity (Wildman–Crippen MR) is 83.9 cm³/mol. The van der Waals surface area contributed by atoms with Crippen molar-refractivity contribution in [1.82, 2.24) is 5.32 Å². The van der Waals surface area contributed by atoms with Crippen molar-refractivity contribution in [2.75, 3.05) is 18.0 Å². The van der Waals surface area contributed by atoms with E-state index in [0.29, 0.717) is 6.04 Å². The lowest BCUT2D eigenvalue weighted by Gasteiger charge is -2.30. The molecule has 3 heteroatoms. The van der Waals surface area contributed by atoms with Crippen LogP contribution in [0.5, 0.6) is 0 Å². The summed E-state index contributed by atoms with van der Waals surface area (Å²) in [5.74, 6) is -0.0965. The normalized spacial score (nSPS) is 20.4. The summed E-state index contributed by atoms with van der Waals surface area (Å²) in [6.45, 7) is 10.3. The third-order valence-corrected chi connectivity index (χ3v) is 4.44. The Bertz CT molecular complexity index is 459. The van der Waals surface area contributed by atoms with Gasteiger partial charge < -0.3 is 10.2 Å². The summed E-state index contributed by atoms with van der Waals surface area (Å²) < 4.78 is 14.0. The van der Waals surface area contributed by atoms with Gasteiger partial charge in [-0.2, -0.15) is 0 Å². The first kappa shape index (κ1) is 15.3. The summed E-state index contributed by atoms with van der Waals surface area (Å²) >= 11 is 0. The van der Waals surface area contributed by atoms with Crippen LogP contribution in [0.25, 0.3) is 0 Å². The zero-order chi connectivity index (χ0) is 14.7. The van der Waals surface area contributed by atoms with Gasteiger partial charge in [-0.05, 0) is 62.9 Å². The third kappa shape index (κ3) is 2.98. The molecule has 1 aromatic rings. The van der Waals surface area contributed by atoms with E-state index in [0.717, 1.165) is 30.6 Å². The van der Waals surface area contributed by atoms with Gasteiger partial charge >= 0.3 is 0 Å². The molecule has 2 rings (SSSR count). The van der Waals surface area contributed by atoms with Gasteiger partial charge in [0.25, 0.3) is 0 Å². The standard InChI is InChI=1S/C17H27FN2/c1-5-14-8-7-9-20(14)17-10-12(3)16(18)11-15(17)13(4)19-6-2/h10-11,13-14,19H,5-9H2,1-4H3. The molecule has 0 radical (unpaired) electrons. The number of halogens is 1. The minimum Gasteiger partial charge on any atom is -0.368 e. The van der Waals surface area contributed by atoms with Crippen molar-refractivity contribution in [2.45, 2.75) is 59.0 Å². The van der Waals surface area contributed by atoms with Crippen molar-refractivity contribution in [3.8, 4) is 0 Å². The highest BCUT2D eigenvalue weighted by molar-refractivity contribution is 5.58. The Morgan fingerprint density at radius 2 is 2.15 bits per heavy atom. The molecule has 0 bridgehead atoms. The van der Waals surface area contributed by atoms with Crippen LogP contribution in [0.3, 0.4) is 0 Å². The minimum atomic E-state index is -0.0965. The van der Waals surface area contributed by atoms with Gasteiger partial charge in [-0.1, -0.05) is 13.8 Å².